The molecule has 18 heavy (non-hydrogen) atoms. The first kappa shape index (κ1) is 12.8. The van der Waals surface area contributed by atoms with Gasteiger partial charge < -0.3 is 10.6 Å². The Morgan fingerprint density at radius 2 is 2.17 bits per heavy atom. The molecule has 0 atom stereocenters. The first-order valence-corrected chi connectivity index (χ1v) is 6.22. The van der Waals surface area contributed by atoms with E-state index in [9.17, 15) is 9.59 Å². The number of hydrogen-bond acceptors (Lipinski definition) is 3. The molecule has 0 aromatic carbocycles. The van der Waals surface area contributed by atoms with Gasteiger partial charge in [0.15, 0.2) is 0 Å². The van der Waals surface area contributed by atoms with Crippen LogP contribution in [0.3, 0.4) is 0 Å². The van der Waals surface area contributed by atoms with Gasteiger partial charge in [0.1, 0.15) is 5.15 Å². The Hall–Kier alpha value is -1.62. The van der Waals surface area contributed by atoms with Gasteiger partial charge in [0, 0.05) is 25.2 Å². The second kappa shape index (κ2) is 5.82. The van der Waals surface area contributed by atoms with Gasteiger partial charge >= 0.3 is 0 Å². The van der Waals surface area contributed by atoms with Gasteiger partial charge in [-0.05, 0) is 25.0 Å². The van der Waals surface area contributed by atoms with Crippen molar-refractivity contribution < 1.29 is 9.59 Å². The molecule has 0 saturated heterocycles. The highest BCUT2D eigenvalue weighted by Crippen LogP contribution is 2.18. The van der Waals surface area contributed by atoms with Gasteiger partial charge in [-0.1, -0.05) is 11.6 Å². The van der Waals surface area contributed by atoms with Crippen LogP contribution in [0.25, 0.3) is 0 Å². The molecule has 0 aliphatic heterocycles. The minimum atomic E-state index is -0.251. The van der Waals surface area contributed by atoms with Crippen LogP contribution in [0.4, 0.5) is 0 Å². The van der Waals surface area contributed by atoms with Gasteiger partial charge in [0.25, 0.3) is 5.91 Å². The van der Waals surface area contributed by atoms with E-state index in [0.29, 0.717) is 29.7 Å². The number of nitrogens with zero attached hydrogens (tertiary/aromatic N) is 1. The first-order valence-electron chi connectivity index (χ1n) is 5.84. The number of pyridine rings is 1. The SMILES string of the molecule is O=C(CCNC(=O)c1ccc(Cl)nc1)NC1CC1. The smallest absolute Gasteiger partial charge is 0.252 e. The van der Waals surface area contributed by atoms with E-state index in [4.69, 9.17) is 11.6 Å². The Bertz CT molecular complexity index is 443. The van der Waals surface area contributed by atoms with Crippen LogP contribution in [0, 0.1) is 0 Å². The second-order valence-electron chi connectivity index (χ2n) is 4.22. The van der Waals surface area contributed by atoms with Gasteiger partial charge in [0.05, 0.1) is 5.56 Å². The van der Waals surface area contributed by atoms with Crippen molar-refractivity contribution in [2.75, 3.05) is 6.54 Å². The van der Waals surface area contributed by atoms with Crippen LogP contribution >= 0.6 is 11.6 Å². The van der Waals surface area contributed by atoms with Gasteiger partial charge in [-0.3, -0.25) is 9.59 Å². The van der Waals surface area contributed by atoms with Crippen LogP contribution in [0.1, 0.15) is 29.6 Å². The minimum absolute atomic E-state index is 0.0213. The third-order valence-electron chi connectivity index (χ3n) is 2.57. The summed E-state index contributed by atoms with van der Waals surface area (Å²) in [5, 5.41) is 5.86. The number of carbonyl (C=O) groups is 2. The van der Waals surface area contributed by atoms with Crippen LogP contribution in [-0.2, 0) is 4.79 Å². The molecule has 2 amide bonds. The number of nitrogens with one attached hydrogen (secondary N) is 2. The molecule has 0 spiro atoms. The number of aromatic nitrogens is 1. The number of rotatable bonds is 5. The predicted octanol–water partition coefficient (Wildman–Crippen LogP) is 1.13. The monoisotopic (exact) mass is 267 g/mol. The highest BCUT2D eigenvalue weighted by atomic mass is 35.5. The summed E-state index contributed by atoms with van der Waals surface area (Å²) >= 11 is 5.62. The highest BCUT2D eigenvalue weighted by molar-refractivity contribution is 6.29. The Morgan fingerprint density at radius 3 is 2.78 bits per heavy atom. The zero-order chi connectivity index (χ0) is 13.0. The predicted molar refractivity (Wildman–Crippen MR) is 67.4 cm³/mol. The quantitative estimate of drug-likeness (QED) is 0.786. The summed E-state index contributed by atoms with van der Waals surface area (Å²) in [6.07, 6.45) is 3.83. The standard InChI is InChI=1S/C12H14ClN3O2/c13-10-4-1-8(7-15-10)12(18)14-6-5-11(17)16-9-2-3-9/h1,4,7,9H,2-3,5-6H2,(H,14,18)(H,16,17). The Morgan fingerprint density at radius 1 is 1.39 bits per heavy atom. The lowest BCUT2D eigenvalue weighted by molar-refractivity contribution is -0.121. The van der Waals surface area contributed by atoms with E-state index in [2.05, 4.69) is 15.6 Å². The van der Waals surface area contributed by atoms with E-state index in [-0.39, 0.29) is 11.8 Å². The summed E-state index contributed by atoms with van der Waals surface area (Å²) in [6, 6.07) is 3.50. The fraction of sp³-hybridized carbons (Fsp3) is 0.417. The summed E-state index contributed by atoms with van der Waals surface area (Å²) in [5.74, 6) is -0.273. The molecule has 1 aromatic rings. The molecule has 96 valence electrons. The summed E-state index contributed by atoms with van der Waals surface area (Å²) in [7, 11) is 0. The van der Waals surface area contributed by atoms with Crippen molar-refractivity contribution in [3.8, 4) is 0 Å². The average molecular weight is 268 g/mol. The second-order valence-corrected chi connectivity index (χ2v) is 4.60. The molecule has 0 radical (unpaired) electrons. The van der Waals surface area contributed by atoms with E-state index < -0.39 is 0 Å². The summed E-state index contributed by atoms with van der Waals surface area (Å²) < 4.78 is 0. The van der Waals surface area contributed by atoms with Crippen LogP contribution < -0.4 is 10.6 Å². The lowest BCUT2D eigenvalue weighted by Gasteiger charge is -2.05. The minimum Gasteiger partial charge on any atom is -0.353 e. The molecule has 5 nitrogen and oxygen atoms in total. The topological polar surface area (TPSA) is 71.1 Å². The van der Waals surface area contributed by atoms with Gasteiger partial charge in [0.2, 0.25) is 5.91 Å². The van der Waals surface area contributed by atoms with Crippen molar-refractivity contribution in [2.24, 2.45) is 0 Å². The molecular formula is C12H14ClN3O2. The van der Waals surface area contributed by atoms with Crippen molar-refractivity contribution in [3.05, 3.63) is 29.0 Å². The van der Waals surface area contributed by atoms with Crippen molar-refractivity contribution >= 4 is 23.4 Å². The van der Waals surface area contributed by atoms with E-state index in [1.807, 2.05) is 0 Å². The third kappa shape index (κ3) is 4.00. The van der Waals surface area contributed by atoms with Crippen molar-refractivity contribution in [1.82, 2.24) is 15.6 Å². The maximum atomic E-state index is 11.6. The van der Waals surface area contributed by atoms with Gasteiger partial charge in [-0.15, -0.1) is 0 Å². The van der Waals surface area contributed by atoms with E-state index in [1.165, 1.54) is 6.20 Å². The third-order valence-corrected chi connectivity index (χ3v) is 2.79. The molecule has 1 fully saturated rings. The molecule has 0 bridgehead atoms. The molecule has 1 aliphatic carbocycles. The average Bonchev–Trinajstić information content (AvgIpc) is 3.13. The van der Waals surface area contributed by atoms with Crippen LogP contribution in [0.2, 0.25) is 5.15 Å². The number of hydrogen-bond donors (Lipinski definition) is 2. The molecular weight excluding hydrogens is 254 g/mol. The highest BCUT2D eigenvalue weighted by Gasteiger charge is 2.22. The van der Waals surface area contributed by atoms with Crippen molar-refractivity contribution in [1.29, 1.82) is 0 Å². The van der Waals surface area contributed by atoms with Crippen molar-refractivity contribution in [2.45, 2.75) is 25.3 Å². The van der Waals surface area contributed by atoms with Crippen LogP contribution in [0.15, 0.2) is 18.3 Å². The Balaban J connectivity index is 1.70. The Kier molecular flexibility index (Phi) is 4.15. The van der Waals surface area contributed by atoms with Crippen molar-refractivity contribution in [3.63, 3.8) is 0 Å². The van der Waals surface area contributed by atoms with Gasteiger partial charge in [-0.2, -0.15) is 0 Å². The number of carbonyl (C=O) groups excluding carboxylic acids is 2. The normalized spacial score (nSPS) is 14.1. The fourth-order valence-electron chi connectivity index (χ4n) is 1.43. The zero-order valence-electron chi connectivity index (χ0n) is 9.78. The molecule has 0 unspecified atom stereocenters. The molecule has 2 rings (SSSR count). The van der Waals surface area contributed by atoms with Gasteiger partial charge in [-0.25, -0.2) is 4.98 Å². The number of amides is 2. The summed E-state index contributed by atoms with van der Waals surface area (Å²) in [4.78, 5) is 26.8. The Labute approximate surface area is 110 Å². The lowest BCUT2D eigenvalue weighted by atomic mass is 10.2. The molecule has 2 N–H and O–H groups in total. The number of halogens is 1. The molecule has 1 aliphatic rings. The largest absolute Gasteiger partial charge is 0.353 e. The van der Waals surface area contributed by atoms with Crippen LogP contribution in [0.5, 0.6) is 0 Å². The molecule has 1 saturated carbocycles. The van der Waals surface area contributed by atoms with E-state index in [1.54, 1.807) is 12.1 Å². The first-order chi connectivity index (χ1) is 8.65. The zero-order valence-corrected chi connectivity index (χ0v) is 10.5. The summed E-state index contributed by atoms with van der Waals surface area (Å²) in [5.41, 5.74) is 0.432. The van der Waals surface area contributed by atoms with E-state index >= 15 is 0 Å². The van der Waals surface area contributed by atoms with Crippen LogP contribution in [-0.4, -0.2) is 29.4 Å². The maximum Gasteiger partial charge on any atom is 0.252 e. The lowest BCUT2D eigenvalue weighted by Crippen LogP contribution is -2.31. The summed E-state index contributed by atoms with van der Waals surface area (Å²) in [6.45, 7) is 0.319. The molecule has 1 aromatic heterocycles. The molecule has 1 heterocycles. The maximum absolute atomic E-state index is 11.6. The fourth-order valence-corrected chi connectivity index (χ4v) is 1.54. The van der Waals surface area contributed by atoms with E-state index in [0.717, 1.165) is 12.8 Å². The molecule has 6 heteroatoms.